The van der Waals surface area contributed by atoms with Crippen LogP contribution in [0.25, 0.3) is 0 Å². The first-order chi connectivity index (χ1) is 17.1. The maximum Gasteiger partial charge on any atom is 0.332 e. The van der Waals surface area contributed by atoms with Gasteiger partial charge in [0.2, 0.25) is 0 Å². The van der Waals surface area contributed by atoms with Crippen molar-refractivity contribution in [3.8, 4) is 23.0 Å². The average molecular weight is 511 g/mol. The Morgan fingerprint density at radius 1 is 0.743 bits per heavy atom. The summed E-state index contributed by atoms with van der Waals surface area (Å²) in [5.41, 5.74) is 0. The molecule has 1 aliphatic rings. The second-order valence-corrected chi connectivity index (χ2v) is 9.67. The molecule has 10 heteroatoms. The van der Waals surface area contributed by atoms with Crippen molar-refractivity contribution < 1.29 is 42.0 Å². The van der Waals surface area contributed by atoms with Gasteiger partial charge in [0.05, 0.1) is 39.2 Å². The van der Waals surface area contributed by atoms with Crippen LogP contribution in [0.2, 0.25) is 0 Å². The molecule has 0 spiro atoms. The molecule has 1 aliphatic heterocycles. The van der Waals surface area contributed by atoms with Gasteiger partial charge >= 0.3 is 7.60 Å². The van der Waals surface area contributed by atoms with Crippen LogP contribution >= 0.6 is 7.60 Å². The predicted molar refractivity (Wildman–Crippen MR) is 131 cm³/mol. The highest BCUT2D eigenvalue weighted by molar-refractivity contribution is 7.53. The van der Waals surface area contributed by atoms with E-state index >= 15 is 0 Å². The molecule has 9 nitrogen and oxygen atoms in total. The minimum absolute atomic E-state index is 0.130. The monoisotopic (exact) mass is 510 g/mol. The third-order valence-electron chi connectivity index (χ3n) is 4.89. The summed E-state index contributed by atoms with van der Waals surface area (Å²) in [4.78, 5) is 0. The molecule has 35 heavy (non-hydrogen) atoms. The van der Waals surface area contributed by atoms with Gasteiger partial charge in [0.1, 0.15) is 32.5 Å². The summed E-state index contributed by atoms with van der Waals surface area (Å²) in [7, 11) is -3.22. The van der Waals surface area contributed by atoms with Crippen molar-refractivity contribution in [2.45, 2.75) is 20.0 Å². The molecule has 0 atom stereocenters. The first-order valence-electron chi connectivity index (χ1n) is 11.9. The molecule has 0 bridgehead atoms. The molecular formula is C25H35O9P. The summed E-state index contributed by atoms with van der Waals surface area (Å²) in [5.74, 6) is 2.40. The molecule has 0 aromatic heterocycles. The van der Waals surface area contributed by atoms with Crippen LogP contribution in [0.5, 0.6) is 23.0 Å². The molecule has 194 valence electrons. The molecule has 0 fully saturated rings. The second-order valence-electron chi connectivity index (χ2n) is 7.49. The molecule has 1 heterocycles. The maximum absolute atomic E-state index is 12.8. The zero-order chi connectivity index (χ0) is 24.8. The van der Waals surface area contributed by atoms with Gasteiger partial charge in [-0.25, -0.2) is 0 Å². The number of ether oxygens (including phenoxy) is 6. The fourth-order valence-electron chi connectivity index (χ4n) is 3.30. The number of hydrogen-bond donors (Lipinski definition) is 0. The van der Waals surface area contributed by atoms with Crippen molar-refractivity contribution in [2.24, 2.45) is 0 Å². The minimum Gasteiger partial charge on any atom is -0.487 e. The Labute approximate surface area is 207 Å². The van der Waals surface area contributed by atoms with Crippen LogP contribution in [-0.2, 0) is 23.1 Å². The molecule has 0 N–H and O–H groups in total. The van der Waals surface area contributed by atoms with Crippen LogP contribution < -0.4 is 18.9 Å². The highest BCUT2D eigenvalue weighted by atomic mass is 31.2. The van der Waals surface area contributed by atoms with Crippen LogP contribution in [0.1, 0.15) is 13.8 Å². The van der Waals surface area contributed by atoms with E-state index in [4.69, 9.17) is 37.5 Å². The number of para-hydroxylation sites is 4. The Morgan fingerprint density at radius 2 is 1.20 bits per heavy atom. The summed E-state index contributed by atoms with van der Waals surface area (Å²) in [6, 6.07) is 14.8. The number of fused-ring (bicyclic) bond motifs is 2. The van der Waals surface area contributed by atoms with E-state index in [0.717, 1.165) is 0 Å². The van der Waals surface area contributed by atoms with E-state index in [2.05, 4.69) is 0 Å². The highest BCUT2D eigenvalue weighted by Crippen LogP contribution is 2.47. The van der Waals surface area contributed by atoms with E-state index in [1.54, 1.807) is 13.8 Å². The molecule has 2 aromatic rings. The molecule has 0 aliphatic carbocycles. The quantitative estimate of drug-likeness (QED) is 0.473. The largest absolute Gasteiger partial charge is 0.487 e. The SMILES string of the molecule is CCOP(=O)(CCOC1COc2ccccc2OCCOCCOc2ccccc2OC1)OCC. The zero-order valence-corrected chi connectivity index (χ0v) is 21.3. The van der Waals surface area contributed by atoms with Crippen molar-refractivity contribution in [3.05, 3.63) is 48.5 Å². The van der Waals surface area contributed by atoms with Crippen molar-refractivity contribution in [3.63, 3.8) is 0 Å². The van der Waals surface area contributed by atoms with Gasteiger partial charge in [-0.3, -0.25) is 4.57 Å². The Kier molecular flexibility index (Phi) is 11.7. The summed E-state index contributed by atoms with van der Waals surface area (Å²) in [6.07, 6.45) is -0.339. The molecule has 0 saturated carbocycles. The number of hydrogen-bond acceptors (Lipinski definition) is 9. The van der Waals surface area contributed by atoms with Crippen LogP contribution in [0, 0.1) is 0 Å². The van der Waals surface area contributed by atoms with Gasteiger partial charge < -0.3 is 37.5 Å². The molecule has 0 unspecified atom stereocenters. The van der Waals surface area contributed by atoms with Crippen molar-refractivity contribution in [1.82, 2.24) is 0 Å². The normalized spacial score (nSPS) is 16.1. The topological polar surface area (TPSA) is 90.9 Å². The van der Waals surface area contributed by atoms with Gasteiger partial charge in [0.25, 0.3) is 0 Å². The Balaban J connectivity index is 1.71. The predicted octanol–water partition coefficient (Wildman–Crippen LogP) is 4.58. The van der Waals surface area contributed by atoms with E-state index in [1.165, 1.54) is 0 Å². The van der Waals surface area contributed by atoms with E-state index in [-0.39, 0.29) is 26.0 Å². The fraction of sp³-hybridized carbons (Fsp3) is 0.520. The van der Waals surface area contributed by atoms with Gasteiger partial charge in [-0.2, -0.15) is 0 Å². The second kappa shape index (κ2) is 15.0. The summed E-state index contributed by atoms with van der Waals surface area (Å²) >= 11 is 0. The van der Waals surface area contributed by atoms with Crippen LogP contribution in [-0.4, -0.2) is 71.7 Å². The Hall–Kier alpha value is -2.29. The third kappa shape index (κ3) is 9.35. The lowest BCUT2D eigenvalue weighted by Crippen LogP contribution is -2.30. The lowest BCUT2D eigenvalue weighted by atomic mass is 10.3. The molecular weight excluding hydrogens is 475 g/mol. The fourth-order valence-corrected chi connectivity index (χ4v) is 4.75. The third-order valence-corrected chi connectivity index (χ3v) is 6.92. The lowest BCUT2D eigenvalue weighted by molar-refractivity contribution is -0.00390. The first-order valence-corrected chi connectivity index (χ1v) is 13.6. The van der Waals surface area contributed by atoms with Crippen LogP contribution in [0.3, 0.4) is 0 Å². The molecule has 0 amide bonds. The van der Waals surface area contributed by atoms with Crippen LogP contribution in [0.4, 0.5) is 0 Å². The Morgan fingerprint density at radius 3 is 1.66 bits per heavy atom. The smallest absolute Gasteiger partial charge is 0.332 e. The molecule has 2 aromatic carbocycles. The number of benzene rings is 2. The standard InChI is InChI=1S/C25H35O9P/c1-3-33-35(26,34-4-2)18-17-28-21-19-31-24-11-7-5-9-22(24)29-15-13-27-14-16-30-23-10-6-8-12-25(23)32-20-21/h5-12,21H,3-4,13-20H2,1-2H3. The molecule has 0 saturated heterocycles. The average Bonchev–Trinajstić information content (AvgIpc) is 2.85. The zero-order valence-electron chi connectivity index (χ0n) is 20.4. The van der Waals surface area contributed by atoms with Gasteiger partial charge in [-0.1, -0.05) is 24.3 Å². The van der Waals surface area contributed by atoms with Gasteiger partial charge in [-0.15, -0.1) is 0 Å². The van der Waals surface area contributed by atoms with Gasteiger partial charge in [-0.05, 0) is 38.1 Å². The summed E-state index contributed by atoms with van der Waals surface area (Å²) in [5, 5.41) is 0. The summed E-state index contributed by atoms with van der Waals surface area (Å²) in [6.45, 7) is 6.28. The van der Waals surface area contributed by atoms with Crippen LogP contribution in [0.15, 0.2) is 48.5 Å². The molecule has 0 radical (unpaired) electrons. The minimum atomic E-state index is -3.22. The van der Waals surface area contributed by atoms with Gasteiger partial charge in [0.15, 0.2) is 23.0 Å². The van der Waals surface area contributed by atoms with E-state index < -0.39 is 13.7 Å². The summed E-state index contributed by atoms with van der Waals surface area (Å²) < 4.78 is 58.8. The maximum atomic E-state index is 12.8. The highest BCUT2D eigenvalue weighted by Gasteiger charge is 2.24. The van der Waals surface area contributed by atoms with Crippen molar-refractivity contribution >= 4 is 7.60 Å². The van der Waals surface area contributed by atoms with Crippen molar-refractivity contribution in [2.75, 3.05) is 65.6 Å². The van der Waals surface area contributed by atoms with E-state index in [0.29, 0.717) is 62.6 Å². The molecule has 3 rings (SSSR count). The Bertz CT molecular complexity index is 858. The lowest BCUT2D eigenvalue weighted by Gasteiger charge is -2.23. The number of rotatable bonds is 8. The van der Waals surface area contributed by atoms with Crippen molar-refractivity contribution in [1.29, 1.82) is 0 Å². The van der Waals surface area contributed by atoms with E-state index in [1.807, 2.05) is 48.5 Å². The van der Waals surface area contributed by atoms with Gasteiger partial charge in [0, 0.05) is 0 Å². The van der Waals surface area contributed by atoms with E-state index in [9.17, 15) is 4.57 Å². The first kappa shape index (κ1) is 27.3.